The van der Waals surface area contributed by atoms with Gasteiger partial charge in [-0.05, 0) is 61.1 Å². The Balaban J connectivity index is 0.00000140. The number of rotatable bonds is 52. The Morgan fingerprint density at radius 3 is 0.521 bits per heavy atom. The van der Waals surface area contributed by atoms with E-state index in [0.29, 0.717) is 0 Å². The molecule has 6 nitrogen and oxygen atoms in total. The van der Waals surface area contributed by atoms with Gasteiger partial charge in [0.2, 0.25) is 0 Å². The Morgan fingerprint density at radius 2 is 0.384 bits per heavy atom. The molecule has 2 rings (SSSR count). The predicted molar refractivity (Wildman–Crippen MR) is 315 cm³/mol. The molecule has 2 aromatic carbocycles. The smallest absolute Gasteiger partial charge is 0.744 e. The van der Waals surface area contributed by atoms with Crippen LogP contribution < -0.4 is 0 Å². The van der Waals surface area contributed by atoms with Crippen molar-refractivity contribution in [3.8, 4) is 0 Å². The number of hydrogen-bond donors (Lipinski definition) is 0. The van der Waals surface area contributed by atoms with Crippen LogP contribution in [0.15, 0.2) is 58.3 Å². The number of unbranched alkanes of at least 4 members (excludes halogenated alkanes) is 46. The molecule has 0 spiro atoms. The molecule has 0 aliphatic heterocycles. The molecular weight excluding hydrogens is 953 g/mol. The van der Waals surface area contributed by atoms with Crippen molar-refractivity contribution in [1.29, 1.82) is 0 Å². The third-order valence-corrected chi connectivity index (χ3v) is 16.8. The molecule has 420 valence electrons. The summed E-state index contributed by atoms with van der Waals surface area (Å²) in [5, 5.41) is 0. The van der Waals surface area contributed by atoms with Crippen LogP contribution in [0.5, 0.6) is 0 Å². The molecule has 0 N–H and O–H groups in total. The summed E-state index contributed by atoms with van der Waals surface area (Å²) >= 11 is 0. The monoisotopic (exact) mass is 1070 g/mol. The molecule has 0 aliphatic carbocycles. The predicted octanol–water partition coefficient (Wildman–Crippen LogP) is 20.7. The van der Waals surface area contributed by atoms with Crippen molar-refractivity contribution in [2.45, 2.75) is 345 Å². The first-order valence-corrected chi connectivity index (χ1v) is 34.0. The van der Waals surface area contributed by atoms with E-state index < -0.39 is 20.2 Å². The quantitative estimate of drug-likeness (QED) is 0.0370. The molecule has 9 heteroatoms. The van der Waals surface area contributed by atoms with Crippen LogP contribution in [0.25, 0.3) is 0 Å². The Morgan fingerprint density at radius 1 is 0.247 bits per heavy atom. The molecule has 0 aliphatic rings. The van der Waals surface area contributed by atoms with E-state index in [1.807, 2.05) is 0 Å². The molecule has 0 atom stereocenters. The van der Waals surface area contributed by atoms with Gasteiger partial charge in [-0.15, -0.1) is 0 Å². The van der Waals surface area contributed by atoms with Crippen LogP contribution in [0.3, 0.4) is 0 Å². The Bertz CT molecular complexity index is 1520. The van der Waals surface area contributed by atoms with E-state index >= 15 is 0 Å². The van der Waals surface area contributed by atoms with Crippen molar-refractivity contribution in [2.24, 2.45) is 0 Å². The maximum absolute atomic E-state index is 11.0. The zero-order chi connectivity index (χ0) is 52.3. The van der Waals surface area contributed by atoms with E-state index in [-0.39, 0.29) is 32.8 Å². The molecule has 0 saturated heterocycles. The van der Waals surface area contributed by atoms with Crippen LogP contribution in [0.1, 0.15) is 333 Å². The first kappa shape index (κ1) is 72.0. The molecule has 0 amide bonds. The Kier molecular flexibility index (Phi) is 52.3. The van der Waals surface area contributed by atoms with Gasteiger partial charge in [0.1, 0.15) is 20.2 Å². The van der Waals surface area contributed by atoms with Crippen molar-refractivity contribution in [2.75, 3.05) is 0 Å². The Labute approximate surface area is 470 Å². The average molecular weight is 1070 g/mol. The minimum atomic E-state index is -4.33. The third-order valence-electron chi connectivity index (χ3n) is 15.1. The Hall–Kier alpha value is -0.974. The minimum Gasteiger partial charge on any atom is -0.744 e. The van der Waals surface area contributed by atoms with E-state index in [0.717, 1.165) is 36.8 Å². The summed E-state index contributed by atoms with van der Waals surface area (Å²) in [6.45, 7) is 4.58. The van der Waals surface area contributed by atoms with Crippen LogP contribution in [-0.2, 0) is 33.1 Å². The second kappa shape index (κ2) is 53.1. The summed E-state index contributed by atoms with van der Waals surface area (Å²) in [7, 11) is -8.65. The molecule has 0 unspecified atom stereocenters. The zero-order valence-corrected chi connectivity index (χ0v) is 51.0. The van der Waals surface area contributed by atoms with Gasteiger partial charge in [0.05, 0.1) is 9.79 Å². The normalized spacial score (nSPS) is 11.7. The van der Waals surface area contributed by atoms with Crippen LogP contribution in [0, 0.1) is 0 Å². The fourth-order valence-corrected chi connectivity index (χ4v) is 11.2. The summed E-state index contributed by atoms with van der Waals surface area (Å²) in [6, 6.07) is 12.8. The van der Waals surface area contributed by atoms with Crippen molar-refractivity contribution >= 4 is 43.3 Å². The maximum atomic E-state index is 11.0. The van der Waals surface area contributed by atoms with Crippen LogP contribution >= 0.6 is 0 Å². The molecule has 0 saturated carbocycles. The first-order chi connectivity index (χ1) is 35.1. The molecule has 0 bridgehead atoms. The van der Waals surface area contributed by atoms with Crippen LogP contribution in [0.4, 0.5) is 0 Å². The van der Waals surface area contributed by atoms with Gasteiger partial charge in [0.25, 0.3) is 0 Å². The topological polar surface area (TPSA) is 114 Å². The first-order valence-electron chi connectivity index (χ1n) is 31.2. The number of aryl methyl sites for hydroxylation is 2. The SMILES string of the molecule is CCCCCCCCCCCCCCCCCCCCCCCCCCc1ccc(S(=O)(=O)[O-])cc1.CCCCCCCCCCCCCCCCCCCCCCCCCCc1ccc(S(=O)(=O)[O-])cc1.[Mg+2]. The van der Waals surface area contributed by atoms with Gasteiger partial charge in [-0.2, -0.15) is 0 Å². The van der Waals surface area contributed by atoms with Gasteiger partial charge in [-0.25, -0.2) is 16.8 Å². The van der Waals surface area contributed by atoms with E-state index in [4.69, 9.17) is 0 Å². The van der Waals surface area contributed by atoms with Gasteiger partial charge in [0, 0.05) is 0 Å². The summed E-state index contributed by atoms with van der Waals surface area (Å²) in [5.74, 6) is 0. The largest absolute Gasteiger partial charge is 2.00 e. The van der Waals surface area contributed by atoms with Crippen molar-refractivity contribution in [1.82, 2.24) is 0 Å². The second-order valence-corrected chi connectivity index (χ2v) is 24.7. The summed E-state index contributed by atoms with van der Waals surface area (Å²) in [6.07, 6.45) is 69.1. The zero-order valence-electron chi connectivity index (χ0n) is 47.9. The van der Waals surface area contributed by atoms with Gasteiger partial charge in [-0.1, -0.05) is 333 Å². The molecular formula is C64H114MgO6S2. The molecule has 0 radical (unpaired) electrons. The van der Waals surface area contributed by atoms with Crippen molar-refractivity contribution < 1.29 is 25.9 Å². The fourth-order valence-electron chi connectivity index (χ4n) is 10.2. The van der Waals surface area contributed by atoms with E-state index in [1.165, 1.54) is 320 Å². The van der Waals surface area contributed by atoms with Gasteiger partial charge >= 0.3 is 23.1 Å². The fraction of sp³-hybridized carbons (Fsp3) is 0.812. The second-order valence-electron chi connectivity index (χ2n) is 22.0. The van der Waals surface area contributed by atoms with Crippen molar-refractivity contribution in [3.05, 3.63) is 59.7 Å². The van der Waals surface area contributed by atoms with E-state index in [1.54, 1.807) is 24.3 Å². The molecule has 0 aromatic heterocycles. The van der Waals surface area contributed by atoms with Crippen LogP contribution in [0.2, 0.25) is 0 Å². The third kappa shape index (κ3) is 49.1. The average Bonchev–Trinajstić information content (AvgIpc) is 3.36. The standard InChI is InChI=1S/2C32H58O3S.Mg/c2*1-2-3-4-5-6-7-8-9-10-11-12-13-14-15-16-17-18-19-20-21-22-23-24-25-26-31-27-29-32(30-28-31)36(33,34)35;/h2*27-30H,2-26H2,1H3,(H,33,34,35);/q;;+2/p-2. The summed E-state index contributed by atoms with van der Waals surface area (Å²) in [5.41, 5.74) is 2.22. The molecule has 0 heterocycles. The molecule has 73 heavy (non-hydrogen) atoms. The summed E-state index contributed by atoms with van der Waals surface area (Å²) in [4.78, 5) is -0.267. The van der Waals surface area contributed by atoms with Crippen molar-refractivity contribution in [3.63, 3.8) is 0 Å². The maximum Gasteiger partial charge on any atom is 2.00 e. The summed E-state index contributed by atoms with van der Waals surface area (Å²) < 4.78 is 65.8. The number of hydrogen-bond acceptors (Lipinski definition) is 6. The van der Waals surface area contributed by atoms with Crippen LogP contribution in [-0.4, -0.2) is 49.0 Å². The van der Waals surface area contributed by atoms with Gasteiger partial charge in [0.15, 0.2) is 0 Å². The van der Waals surface area contributed by atoms with E-state index in [2.05, 4.69) is 13.8 Å². The van der Waals surface area contributed by atoms with E-state index in [9.17, 15) is 25.9 Å². The molecule has 2 aromatic rings. The number of benzene rings is 2. The minimum absolute atomic E-state index is 0. The van der Waals surface area contributed by atoms with Gasteiger partial charge < -0.3 is 9.11 Å². The van der Waals surface area contributed by atoms with Gasteiger partial charge in [-0.3, -0.25) is 0 Å². The molecule has 0 fully saturated rings.